The zero-order chi connectivity index (χ0) is 12.6. The molecule has 0 radical (unpaired) electrons. The van der Waals surface area contributed by atoms with Crippen molar-refractivity contribution in [2.75, 3.05) is 0 Å². The molecule has 6 nitrogen and oxygen atoms in total. The van der Waals surface area contributed by atoms with Gasteiger partial charge in [-0.1, -0.05) is 0 Å². The highest BCUT2D eigenvalue weighted by molar-refractivity contribution is 5.97. The molecule has 0 aromatic carbocycles. The first-order valence-corrected chi connectivity index (χ1v) is 6.21. The molecule has 18 heavy (non-hydrogen) atoms. The average molecular weight is 252 g/mol. The molecular weight excluding hydrogens is 240 g/mol. The first-order valence-electron chi connectivity index (χ1n) is 6.21. The van der Waals surface area contributed by atoms with E-state index in [-0.39, 0.29) is 30.1 Å². The Kier molecular flexibility index (Phi) is 1.82. The van der Waals surface area contributed by atoms with E-state index < -0.39 is 36.0 Å². The van der Waals surface area contributed by atoms with E-state index in [1.54, 1.807) is 0 Å². The Morgan fingerprint density at radius 3 is 2.39 bits per heavy atom. The monoisotopic (exact) mass is 252 g/mol. The summed E-state index contributed by atoms with van der Waals surface area (Å²) in [6, 6.07) is 0. The predicted octanol–water partition coefficient (Wildman–Crippen LogP) is -0.550. The minimum atomic E-state index is -1.14. The molecule has 6 heteroatoms. The summed E-state index contributed by atoms with van der Waals surface area (Å²) in [5.74, 6) is -2.57. The second kappa shape index (κ2) is 3.12. The van der Waals surface area contributed by atoms with Crippen molar-refractivity contribution in [2.24, 2.45) is 35.5 Å². The van der Waals surface area contributed by atoms with Gasteiger partial charge in [0, 0.05) is 12.3 Å². The number of hydrogen-bond donors (Lipinski definition) is 1. The lowest BCUT2D eigenvalue weighted by Gasteiger charge is -2.40. The van der Waals surface area contributed by atoms with Crippen molar-refractivity contribution in [2.45, 2.75) is 19.1 Å². The van der Waals surface area contributed by atoms with E-state index in [1.165, 1.54) is 0 Å². The number of rotatable bonds is 0. The van der Waals surface area contributed by atoms with E-state index in [1.807, 2.05) is 0 Å². The maximum atomic E-state index is 11.7. The van der Waals surface area contributed by atoms with Crippen molar-refractivity contribution in [1.82, 2.24) is 0 Å². The van der Waals surface area contributed by atoms with E-state index in [0.717, 1.165) is 0 Å². The molecule has 2 saturated heterocycles. The van der Waals surface area contributed by atoms with Crippen LogP contribution in [0.4, 0.5) is 0 Å². The standard InChI is InChI=1S/C12H12O6/c13-6-2-4-3-1-5(7(4)10(14)17-6)9-8(3)11(15)18-12(9)16/h3-5,7-10,14H,1-2H2/t3?,4?,5?,7?,8?,9?,10-/m0/s1. The first kappa shape index (κ1) is 10.5. The average Bonchev–Trinajstić information content (AvgIpc) is 2.90. The molecule has 2 aliphatic heterocycles. The van der Waals surface area contributed by atoms with Crippen LogP contribution in [0.1, 0.15) is 12.8 Å². The predicted molar refractivity (Wildman–Crippen MR) is 53.4 cm³/mol. The highest BCUT2D eigenvalue weighted by Crippen LogP contribution is 2.63. The van der Waals surface area contributed by atoms with Gasteiger partial charge < -0.3 is 14.6 Å². The molecule has 4 aliphatic rings. The third kappa shape index (κ3) is 1.05. The fourth-order valence-corrected chi connectivity index (χ4v) is 4.62. The van der Waals surface area contributed by atoms with Crippen LogP contribution in [0.2, 0.25) is 0 Å². The second-order valence-corrected chi connectivity index (χ2v) is 5.68. The minimum absolute atomic E-state index is 0.0218. The summed E-state index contributed by atoms with van der Waals surface area (Å²) in [4.78, 5) is 34.7. The minimum Gasteiger partial charge on any atom is -0.436 e. The summed E-state index contributed by atoms with van der Waals surface area (Å²) in [7, 11) is 0. The lowest BCUT2D eigenvalue weighted by Crippen LogP contribution is -2.47. The Hall–Kier alpha value is -1.43. The van der Waals surface area contributed by atoms with Gasteiger partial charge in [-0.2, -0.15) is 0 Å². The number of hydrogen-bond acceptors (Lipinski definition) is 6. The summed E-state index contributed by atoms with van der Waals surface area (Å²) >= 11 is 0. The number of carbonyl (C=O) groups is 3. The van der Waals surface area contributed by atoms with E-state index >= 15 is 0 Å². The molecule has 4 fully saturated rings. The Balaban J connectivity index is 1.74. The van der Waals surface area contributed by atoms with Crippen LogP contribution in [0.5, 0.6) is 0 Å². The van der Waals surface area contributed by atoms with Crippen molar-refractivity contribution in [3.8, 4) is 0 Å². The van der Waals surface area contributed by atoms with Crippen LogP contribution in [-0.4, -0.2) is 29.3 Å². The molecule has 0 aromatic rings. The number of fused-ring (bicyclic) bond motifs is 8. The van der Waals surface area contributed by atoms with Gasteiger partial charge in [-0.05, 0) is 24.2 Å². The molecule has 0 aromatic heterocycles. The van der Waals surface area contributed by atoms with E-state index in [9.17, 15) is 19.5 Å². The lowest BCUT2D eigenvalue weighted by atomic mass is 9.67. The lowest BCUT2D eigenvalue weighted by molar-refractivity contribution is -0.206. The molecule has 0 spiro atoms. The molecule has 4 rings (SSSR count). The van der Waals surface area contributed by atoms with Gasteiger partial charge in [0.25, 0.3) is 0 Å². The van der Waals surface area contributed by atoms with Gasteiger partial charge in [-0.15, -0.1) is 0 Å². The molecule has 7 atom stereocenters. The largest absolute Gasteiger partial charge is 0.436 e. The van der Waals surface area contributed by atoms with Crippen molar-refractivity contribution in [3.05, 3.63) is 0 Å². The highest BCUT2D eigenvalue weighted by atomic mass is 16.6. The quantitative estimate of drug-likeness (QED) is 0.459. The number of aliphatic hydroxyl groups excluding tert-OH is 1. The number of cyclic esters (lactones) is 3. The Morgan fingerprint density at radius 1 is 1.00 bits per heavy atom. The van der Waals surface area contributed by atoms with E-state index in [2.05, 4.69) is 0 Å². The van der Waals surface area contributed by atoms with Gasteiger partial charge in [0.05, 0.1) is 11.8 Å². The van der Waals surface area contributed by atoms with Gasteiger partial charge in [0.2, 0.25) is 6.29 Å². The molecule has 6 unspecified atom stereocenters. The van der Waals surface area contributed by atoms with Gasteiger partial charge >= 0.3 is 17.9 Å². The third-order valence-electron chi connectivity index (χ3n) is 5.12. The fourth-order valence-electron chi connectivity index (χ4n) is 4.62. The van der Waals surface area contributed by atoms with Crippen molar-refractivity contribution in [1.29, 1.82) is 0 Å². The van der Waals surface area contributed by atoms with Crippen molar-refractivity contribution < 1.29 is 29.0 Å². The van der Waals surface area contributed by atoms with Crippen LogP contribution in [0, 0.1) is 35.5 Å². The van der Waals surface area contributed by atoms with Crippen LogP contribution >= 0.6 is 0 Å². The second-order valence-electron chi connectivity index (χ2n) is 5.68. The number of aliphatic hydroxyl groups is 1. The normalized spacial score (nSPS) is 52.9. The smallest absolute Gasteiger partial charge is 0.317 e. The van der Waals surface area contributed by atoms with Crippen molar-refractivity contribution in [3.63, 3.8) is 0 Å². The third-order valence-corrected chi connectivity index (χ3v) is 5.12. The van der Waals surface area contributed by atoms with Gasteiger partial charge in [-0.3, -0.25) is 14.4 Å². The zero-order valence-corrected chi connectivity index (χ0v) is 9.44. The maximum Gasteiger partial charge on any atom is 0.317 e. The molecule has 2 bridgehead atoms. The fraction of sp³-hybridized carbons (Fsp3) is 0.750. The molecule has 2 heterocycles. The summed E-state index contributed by atoms with van der Waals surface area (Å²) < 4.78 is 9.53. The van der Waals surface area contributed by atoms with Crippen LogP contribution in [0.15, 0.2) is 0 Å². The summed E-state index contributed by atoms with van der Waals surface area (Å²) in [6.07, 6.45) is -0.206. The molecule has 96 valence electrons. The van der Waals surface area contributed by atoms with Crippen LogP contribution in [-0.2, 0) is 23.9 Å². The van der Waals surface area contributed by atoms with Gasteiger partial charge in [0.15, 0.2) is 0 Å². The summed E-state index contributed by atoms with van der Waals surface area (Å²) in [5, 5.41) is 9.86. The van der Waals surface area contributed by atoms with Crippen molar-refractivity contribution >= 4 is 17.9 Å². The Bertz CT molecular complexity index is 471. The Labute approximate surface area is 102 Å². The molecule has 1 N–H and O–H groups in total. The molecule has 0 amide bonds. The first-order chi connectivity index (χ1) is 8.58. The van der Waals surface area contributed by atoms with Crippen LogP contribution in [0.25, 0.3) is 0 Å². The van der Waals surface area contributed by atoms with E-state index in [4.69, 9.17) is 9.47 Å². The van der Waals surface area contributed by atoms with E-state index in [0.29, 0.717) is 6.42 Å². The zero-order valence-electron chi connectivity index (χ0n) is 9.44. The molecular formula is C12H12O6. The summed E-state index contributed by atoms with van der Waals surface area (Å²) in [6.45, 7) is 0. The summed E-state index contributed by atoms with van der Waals surface area (Å²) in [5.41, 5.74) is 0. The SMILES string of the molecule is O=C1CC2C3CC(C4C(=O)OC(=O)C34)C2[C@@H](O)O1. The molecule has 2 saturated carbocycles. The molecule has 2 aliphatic carbocycles. The topological polar surface area (TPSA) is 89.9 Å². The number of ether oxygens (including phenoxy) is 2. The van der Waals surface area contributed by atoms with Crippen LogP contribution < -0.4 is 0 Å². The van der Waals surface area contributed by atoms with Gasteiger partial charge in [-0.25, -0.2) is 0 Å². The highest BCUT2D eigenvalue weighted by Gasteiger charge is 2.69. The van der Waals surface area contributed by atoms with Crippen LogP contribution in [0.3, 0.4) is 0 Å². The van der Waals surface area contributed by atoms with Gasteiger partial charge in [0.1, 0.15) is 0 Å². The maximum absolute atomic E-state index is 11.7. The number of carbonyl (C=O) groups excluding carboxylic acids is 3. The number of esters is 3. The Morgan fingerprint density at radius 2 is 1.67 bits per heavy atom.